The number of piperidine rings is 1. The van der Waals surface area contributed by atoms with Gasteiger partial charge in [-0.1, -0.05) is 12.1 Å². The summed E-state index contributed by atoms with van der Waals surface area (Å²) >= 11 is 0. The smallest absolute Gasteiger partial charge is 0.409 e. The van der Waals surface area contributed by atoms with Crippen LogP contribution < -0.4 is 10.6 Å². The average Bonchev–Trinajstić information content (AvgIpc) is 3.03. The Balaban J connectivity index is 1.47. The molecule has 1 aromatic heterocycles. The Hall–Kier alpha value is -2.77. The molecule has 3 rings (SSSR count). The van der Waals surface area contributed by atoms with Crippen molar-refractivity contribution in [3.05, 3.63) is 30.1 Å². The number of aliphatic imine (C=N–C) groups is 1. The van der Waals surface area contributed by atoms with Crippen molar-refractivity contribution in [3.8, 4) is 0 Å². The lowest BCUT2D eigenvalue weighted by molar-refractivity contribution is 0.0963. The number of aromatic nitrogens is 2. The Bertz CT molecular complexity index is 823. The highest BCUT2D eigenvalue weighted by Crippen LogP contribution is 2.15. The first-order valence-corrected chi connectivity index (χ1v) is 9.93. The molecule has 1 saturated heterocycles. The van der Waals surface area contributed by atoms with Crippen LogP contribution in [0.2, 0.25) is 0 Å². The second kappa shape index (κ2) is 9.43. The van der Waals surface area contributed by atoms with E-state index in [1.165, 1.54) is 0 Å². The third kappa shape index (κ3) is 4.74. The number of nitrogens with zero attached hydrogens (tertiary/aromatic N) is 4. The minimum atomic E-state index is -0.216. The van der Waals surface area contributed by atoms with Gasteiger partial charge in [-0.25, -0.2) is 9.78 Å². The number of amides is 1. The van der Waals surface area contributed by atoms with Crippen LogP contribution in [0.15, 0.2) is 29.3 Å². The van der Waals surface area contributed by atoms with E-state index < -0.39 is 0 Å². The molecule has 1 fully saturated rings. The normalized spacial score (nSPS) is 15.7. The van der Waals surface area contributed by atoms with Crippen LogP contribution in [0.5, 0.6) is 0 Å². The standard InChI is InChI=1S/C20H30N6O2/c1-4-28-20(27)25-12-9-16(10-13-25)24-19(21-3)22-11-14-26-15(2)23-17-7-5-6-8-18(17)26/h5-8,16H,4,9-14H2,1-3H3,(H2,21,22,24). The van der Waals surface area contributed by atoms with E-state index in [4.69, 9.17) is 4.74 Å². The molecule has 2 heterocycles. The van der Waals surface area contributed by atoms with E-state index in [1.54, 1.807) is 11.9 Å². The van der Waals surface area contributed by atoms with E-state index >= 15 is 0 Å². The quantitative estimate of drug-likeness (QED) is 0.608. The summed E-state index contributed by atoms with van der Waals surface area (Å²) in [6, 6.07) is 8.48. The van der Waals surface area contributed by atoms with Crippen LogP contribution >= 0.6 is 0 Å². The number of nitrogens with one attached hydrogen (secondary N) is 2. The fraction of sp³-hybridized carbons (Fsp3) is 0.550. The van der Waals surface area contributed by atoms with Crippen LogP contribution in [0.25, 0.3) is 11.0 Å². The molecule has 0 spiro atoms. The molecule has 8 nitrogen and oxygen atoms in total. The van der Waals surface area contributed by atoms with Gasteiger partial charge < -0.3 is 24.8 Å². The van der Waals surface area contributed by atoms with Crippen LogP contribution in [0.3, 0.4) is 0 Å². The van der Waals surface area contributed by atoms with E-state index in [2.05, 4.69) is 31.2 Å². The van der Waals surface area contributed by atoms with Gasteiger partial charge in [0.15, 0.2) is 5.96 Å². The number of likely N-dealkylation sites (tertiary alicyclic amines) is 1. The number of hydrogen-bond donors (Lipinski definition) is 2. The number of ether oxygens (including phenoxy) is 1. The zero-order valence-corrected chi connectivity index (χ0v) is 16.9. The summed E-state index contributed by atoms with van der Waals surface area (Å²) < 4.78 is 7.29. The molecule has 0 aliphatic carbocycles. The van der Waals surface area contributed by atoms with Gasteiger partial charge in [0.1, 0.15) is 5.82 Å². The molecule has 2 N–H and O–H groups in total. The van der Waals surface area contributed by atoms with Crippen molar-refractivity contribution < 1.29 is 9.53 Å². The van der Waals surface area contributed by atoms with E-state index in [0.717, 1.165) is 48.7 Å². The molecular formula is C20H30N6O2. The Morgan fingerprint density at radius 2 is 2.07 bits per heavy atom. The zero-order valence-electron chi connectivity index (χ0n) is 16.9. The van der Waals surface area contributed by atoms with Gasteiger partial charge in [0, 0.05) is 39.3 Å². The number of rotatable bonds is 5. The van der Waals surface area contributed by atoms with Crippen LogP contribution in [-0.4, -0.2) is 65.8 Å². The highest BCUT2D eigenvalue weighted by atomic mass is 16.6. The highest BCUT2D eigenvalue weighted by molar-refractivity contribution is 5.80. The van der Waals surface area contributed by atoms with Crippen molar-refractivity contribution in [3.63, 3.8) is 0 Å². The van der Waals surface area contributed by atoms with Gasteiger partial charge in [-0.05, 0) is 38.8 Å². The number of guanidine groups is 1. The number of hydrogen-bond acceptors (Lipinski definition) is 4. The summed E-state index contributed by atoms with van der Waals surface area (Å²) in [5.74, 6) is 1.80. The van der Waals surface area contributed by atoms with Crippen molar-refractivity contribution in [2.75, 3.05) is 33.3 Å². The molecule has 0 radical (unpaired) electrons. The van der Waals surface area contributed by atoms with Gasteiger partial charge in [-0.15, -0.1) is 0 Å². The van der Waals surface area contributed by atoms with Crippen LogP contribution in [0.1, 0.15) is 25.6 Å². The number of carbonyl (C=O) groups is 1. The third-order valence-corrected chi connectivity index (χ3v) is 5.06. The number of para-hydroxylation sites is 2. The molecule has 0 bridgehead atoms. The topological polar surface area (TPSA) is 83.8 Å². The number of carbonyl (C=O) groups excluding carboxylic acids is 1. The molecule has 0 atom stereocenters. The molecule has 1 aliphatic rings. The lowest BCUT2D eigenvalue weighted by Crippen LogP contribution is -2.50. The van der Waals surface area contributed by atoms with E-state index in [-0.39, 0.29) is 6.09 Å². The summed E-state index contributed by atoms with van der Waals surface area (Å²) in [4.78, 5) is 22.5. The fourth-order valence-electron chi connectivity index (χ4n) is 3.57. The van der Waals surface area contributed by atoms with Gasteiger partial charge >= 0.3 is 6.09 Å². The minimum Gasteiger partial charge on any atom is -0.450 e. The van der Waals surface area contributed by atoms with Crippen molar-refractivity contribution in [1.29, 1.82) is 0 Å². The first-order valence-electron chi connectivity index (χ1n) is 9.93. The monoisotopic (exact) mass is 386 g/mol. The predicted octanol–water partition coefficient (Wildman–Crippen LogP) is 2.13. The fourth-order valence-corrected chi connectivity index (χ4v) is 3.57. The van der Waals surface area contributed by atoms with Gasteiger partial charge in [-0.3, -0.25) is 4.99 Å². The van der Waals surface area contributed by atoms with Crippen LogP contribution in [0.4, 0.5) is 4.79 Å². The molecule has 0 saturated carbocycles. The SMILES string of the molecule is CCOC(=O)N1CCC(NC(=NC)NCCn2c(C)nc3ccccc32)CC1. The van der Waals surface area contributed by atoms with E-state index in [9.17, 15) is 4.79 Å². The van der Waals surface area contributed by atoms with Crippen LogP contribution in [0, 0.1) is 6.92 Å². The first kappa shape index (κ1) is 20.0. The number of fused-ring (bicyclic) bond motifs is 1. The summed E-state index contributed by atoms with van der Waals surface area (Å²) in [6.07, 6.45) is 1.54. The van der Waals surface area contributed by atoms with Gasteiger partial charge in [0.2, 0.25) is 0 Å². The summed E-state index contributed by atoms with van der Waals surface area (Å²) in [6.45, 7) is 7.25. The highest BCUT2D eigenvalue weighted by Gasteiger charge is 2.24. The van der Waals surface area contributed by atoms with Gasteiger partial charge in [0.25, 0.3) is 0 Å². The Labute approximate surface area is 166 Å². The van der Waals surface area contributed by atoms with Crippen molar-refractivity contribution >= 4 is 23.1 Å². The minimum absolute atomic E-state index is 0.216. The molecule has 152 valence electrons. The Morgan fingerprint density at radius 3 is 2.79 bits per heavy atom. The van der Waals surface area contributed by atoms with E-state index in [1.807, 2.05) is 32.0 Å². The first-order chi connectivity index (χ1) is 13.6. The van der Waals surface area contributed by atoms with Crippen LogP contribution in [-0.2, 0) is 11.3 Å². The maximum absolute atomic E-state index is 11.8. The van der Waals surface area contributed by atoms with E-state index in [0.29, 0.717) is 25.7 Å². The average molecular weight is 387 g/mol. The molecule has 1 aliphatic heterocycles. The Kier molecular flexibility index (Phi) is 6.73. The molecule has 28 heavy (non-hydrogen) atoms. The zero-order chi connectivity index (χ0) is 19.9. The number of aryl methyl sites for hydroxylation is 1. The molecular weight excluding hydrogens is 356 g/mol. The Morgan fingerprint density at radius 1 is 1.32 bits per heavy atom. The second-order valence-electron chi connectivity index (χ2n) is 6.90. The summed E-state index contributed by atoms with van der Waals surface area (Å²) in [5.41, 5.74) is 2.17. The third-order valence-electron chi connectivity index (χ3n) is 5.06. The molecule has 8 heteroatoms. The largest absolute Gasteiger partial charge is 0.450 e. The number of benzene rings is 1. The van der Waals surface area contributed by atoms with Gasteiger partial charge in [0.05, 0.1) is 17.6 Å². The van der Waals surface area contributed by atoms with Crippen molar-refractivity contribution in [2.45, 2.75) is 39.3 Å². The van der Waals surface area contributed by atoms with Crippen molar-refractivity contribution in [2.24, 2.45) is 4.99 Å². The molecule has 1 aromatic carbocycles. The lowest BCUT2D eigenvalue weighted by atomic mass is 10.1. The predicted molar refractivity (Wildman–Crippen MR) is 111 cm³/mol. The molecule has 0 unspecified atom stereocenters. The molecule has 2 aromatic rings. The second-order valence-corrected chi connectivity index (χ2v) is 6.90. The summed E-state index contributed by atoms with van der Waals surface area (Å²) in [7, 11) is 1.78. The van der Waals surface area contributed by atoms with Gasteiger partial charge in [-0.2, -0.15) is 0 Å². The molecule has 1 amide bonds. The maximum atomic E-state index is 11.8. The number of imidazole rings is 1. The lowest BCUT2D eigenvalue weighted by Gasteiger charge is -2.32. The summed E-state index contributed by atoms with van der Waals surface area (Å²) in [5, 5.41) is 6.85. The van der Waals surface area contributed by atoms with Crippen molar-refractivity contribution in [1.82, 2.24) is 25.1 Å². The maximum Gasteiger partial charge on any atom is 0.409 e.